The van der Waals surface area contributed by atoms with Crippen molar-refractivity contribution >= 4 is 16.6 Å². The first kappa shape index (κ1) is 7.94. The lowest BCUT2D eigenvalue weighted by Crippen LogP contribution is -2.00. The van der Waals surface area contributed by atoms with Crippen molar-refractivity contribution < 1.29 is 0 Å². The van der Waals surface area contributed by atoms with Crippen LogP contribution >= 0.6 is 0 Å². The van der Waals surface area contributed by atoms with E-state index < -0.39 is 0 Å². The number of anilines is 1. The molecule has 0 unspecified atom stereocenters. The summed E-state index contributed by atoms with van der Waals surface area (Å²) in [6.45, 7) is 0.453. The number of benzene rings is 1. The van der Waals surface area contributed by atoms with Crippen molar-refractivity contribution in [2.24, 2.45) is 5.73 Å². The fourth-order valence-electron chi connectivity index (χ4n) is 1.35. The highest BCUT2D eigenvalue weighted by Crippen LogP contribution is 2.18. The molecule has 0 saturated heterocycles. The van der Waals surface area contributed by atoms with E-state index in [2.05, 4.69) is 9.97 Å². The van der Waals surface area contributed by atoms with Gasteiger partial charge in [0.2, 0.25) is 0 Å². The van der Waals surface area contributed by atoms with Crippen molar-refractivity contribution in [1.29, 1.82) is 0 Å². The lowest BCUT2D eigenvalue weighted by molar-refractivity contribution is 1.08. The minimum absolute atomic E-state index is 0.453. The Labute approximate surface area is 75.6 Å². The molecule has 4 N–H and O–H groups in total. The molecule has 0 saturated carbocycles. The molecule has 1 aromatic carbocycles. The van der Waals surface area contributed by atoms with E-state index in [0.29, 0.717) is 12.2 Å². The van der Waals surface area contributed by atoms with Crippen LogP contribution in [0, 0.1) is 0 Å². The minimum atomic E-state index is 0.453. The molecule has 0 spiro atoms. The van der Waals surface area contributed by atoms with Crippen LogP contribution in [0.5, 0.6) is 0 Å². The van der Waals surface area contributed by atoms with Gasteiger partial charge >= 0.3 is 0 Å². The first-order chi connectivity index (χ1) is 6.31. The second kappa shape index (κ2) is 2.99. The molecule has 2 aromatic rings. The maximum atomic E-state index is 5.68. The molecule has 0 atom stereocenters. The van der Waals surface area contributed by atoms with Crippen LogP contribution in [0.3, 0.4) is 0 Å². The highest BCUT2D eigenvalue weighted by atomic mass is 14.8. The molecule has 0 amide bonds. The zero-order valence-corrected chi connectivity index (χ0v) is 7.07. The molecule has 1 aromatic heterocycles. The highest BCUT2D eigenvalue weighted by Gasteiger charge is 2.01. The number of nitrogens with zero attached hydrogens (tertiary/aromatic N) is 2. The van der Waals surface area contributed by atoms with Crippen molar-refractivity contribution in [2.75, 3.05) is 5.73 Å². The molecule has 4 heteroatoms. The van der Waals surface area contributed by atoms with E-state index in [-0.39, 0.29) is 0 Å². The first-order valence-electron chi connectivity index (χ1n) is 3.99. The Morgan fingerprint density at radius 3 is 2.92 bits per heavy atom. The van der Waals surface area contributed by atoms with Crippen LogP contribution in [0.4, 0.5) is 5.69 Å². The zero-order chi connectivity index (χ0) is 9.26. The van der Waals surface area contributed by atoms with Crippen LogP contribution in [0.2, 0.25) is 0 Å². The van der Waals surface area contributed by atoms with Crippen molar-refractivity contribution in [3.05, 3.63) is 30.2 Å². The van der Waals surface area contributed by atoms with Gasteiger partial charge in [0.05, 0.1) is 5.52 Å². The fraction of sp³-hybridized carbons (Fsp3) is 0.111. The Morgan fingerprint density at radius 2 is 2.15 bits per heavy atom. The molecule has 2 rings (SSSR count). The standard InChI is InChI=1S/C9H10N4/c10-3-6-1-7(11)2-9-8(6)4-12-5-13-9/h1-2,4-5H,3,10-11H2. The van der Waals surface area contributed by atoms with Crippen molar-refractivity contribution in [1.82, 2.24) is 9.97 Å². The number of nitrogens with two attached hydrogens (primary N) is 2. The van der Waals surface area contributed by atoms with Gasteiger partial charge in [0.1, 0.15) is 6.33 Å². The Balaban J connectivity index is 2.81. The van der Waals surface area contributed by atoms with E-state index in [1.807, 2.05) is 12.1 Å². The summed E-state index contributed by atoms with van der Waals surface area (Å²) in [7, 11) is 0. The van der Waals surface area contributed by atoms with Crippen molar-refractivity contribution in [3.8, 4) is 0 Å². The first-order valence-corrected chi connectivity index (χ1v) is 3.99. The van der Waals surface area contributed by atoms with Gasteiger partial charge < -0.3 is 11.5 Å². The largest absolute Gasteiger partial charge is 0.399 e. The molecule has 13 heavy (non-hydrogen) atoms. The molecule has 0 radical (unpaired) electrons. The lowest BCUT2D eigenvalue weighted by atomic mass is 10.1. The van der Waals surface area contributed by atoms with Gasteiger partial charge in [-0.25, -0.2) is 9.97 Å². The third kappa shape index (κ3) is 1.31. The normalized spacial score (nSPS) is 10.5. The number of fused-ring (bicyclic) bond motifs is 1. The molecule has 0 aliphatic carbocycles. The van der Waals surface area contributed by atoms with Gasteiger partial charge in [0, 0.05) is 23.8 Å². The average Bonchev–Trinajstić information content (AvgIpc) is 2.16. The Kier molecular flexibility index (Phi) is 1.83. The van der Waals surface area contributed by atoms with Crippen molar-refractivity contribution in [2.45, 2.75) is 6.54 Å². The smallest absolute Gasteiger partial charge is 0.116 e. The quantitative estimate of drug-likeness (QED) is 0.623. The summed E-state index contributed by atoms with van der Waals surface area (Å²) < 4.78 is 0. The van der Waals surface area contributed by atoms with Gasteiger partial charge in [0.25, 0.3) is 0 Å². The molecular formula is C9H10N4. The Bertz CT molecular complexity index is 439. The molecule has 1 heterocycles. The number of hydrogen-bond acceptors (Lipinski definition) is 4. The van der Waals surface area contributed by atoms with Gasteiger partial charge in [-0.3, -0.25) is 0 Å². The summed E-state index contributed by atoms with van der Waals surface area (Å²) >= 11 is 0. The maximum absolute atomic E-state index is 5.68. The molecule has 0 bridgehead atoms. The molecule has 0 aliphatic heterocycles. The molecule has 0 aliphatic rings. The van der Waals surface area contributed by atoms with Crippen LogP contribution in [0.25, 0.3) is 10.9 Å². The van der Waals surface area contributed by atoms with Crippen LogP contribution in [-0.4, -0.2) is 9.97 Å². The summed E-state index contributed by atoms with van der Waals surface area (Å²) in [5.74, 6) is 0. The van der Waals surface area contributed by atoms with Gasteiger partial charge in [-0.05, 0) is 17.7 Å². The molecular weight excluding hydrogens is 164 g/mol. The average molecular weight is 174 g/mol. The number of rotatable bonds is 1. The summed E-state index contributed by atoms with van der Waals surface area (Å²) in [5.41, 5.74) is 13.8. The van der Waals surface area contributed by atoms with E-state index in [1.165, 1.54) is 6.33 Å². The van der Waals surface area contributed by atoms with Crippen LogP contribution in [0.1, 0.15) is 5.56 Å². The van der Waals surface area contributed by atoms with E-state index in [4.69, 9.17) is 11.5 Å². The molecule has 0 fully saturated rings. The highest BCUT2D eigenvalue weighted by molar-refractivity contribution is 5.84. The van der Waals surface area contributed by atoms with Gasteiger partial charge in [-0.1, -0.05) is 0 Å². The summed E-state index contributed by atoms with van der Waals surface area (Å²) in [6, 6.07) is 3.67. The number of hydrogen-bond donors (Lipinski definition) is 2. The Hall–Kier alpha value is -1.68. The van der Waals surface area contributed by atoms with E-state index in [9.17, 15) is 0 Å². The molecule has 66 valence electrons. The third-order valence-corrected chi connectivity index (χ3v) is 1.95. The van der Waals surface area contributed by atoms with Gasteiger partial charge in [0.15, 0.2) is 0 Å². The summed E-state index contributed by atoms with van der Waals surface area (Å²) in [5, 5.41) is 0.971. The number of nitrogen functional groups attached to an aromatic ring is 1. The van der Waals surface area contributed by atoms with Gasteiger partial charge in [-0.15, -0.1) is 0 Å². The predicted octanol–water partition coefficient (Wildman–Crippen LogP) is 0.671. The predicted molar refractivity (Wildman–Crippen MR) is 51.8 cm³/mol. The Morgan fingerprint density at radius 1 is 1.31 bits per heavy atom. The minimum Gasteiger partial charge on any atom is -0.399 e. The second-order valence-electron chi connectivity index (χ2n) is 2.84. The molecule has 4 nitrogen and oxygen atoms in total. The van der Waals surface area contributed by atoms with Crippen LogP contribution < -0.4 is 11.5 Å². The lowest BCUT2D eigenvalue weighted by Gasteiger charge is -2.03. The topological polar surface area (TPSA) is 77.8 Å². The number of aromatic nitrogens is 2. The van der Waals surface area contributed by atoms with Crippen LogP contribution in [0.15, 0.2) is 24.7 Å². The summed E-state index contributed by atoms with van der Waals surface area (Å²) in [6.07, 6.45) is 3.26. The SMILES string of the molecule is NCc1cc(N)cc2ncncc12. The van der Waals surface area contributed by atoms with E-state index in [1.54, 1.807) is 6.20 Å². The van der Waals surface area contributed by atoms with E-state index >= 15 is 0 Å². The second-order valence-corrected chi connectivity index (χ2v) is 2.84. The van der Waals surface area contributed by atoms with Crippen molar-refractivity contribution in [3.63, 3.8) is 0 Å². The van der Waals surface area contributed by atoms with E-state index in [0.717, 1.165) is 16.5 Å². The van der Waals surface area contributed by atoms with Gasteiger partial charge in [-0.2, -0.15) is 0 Å². The monoisotopic (exact) mass is 174 g/mol. The zero-order valence-electron chi connectivity index (χ0n) is 7.07. The maximum Gasteiger partial charge on any atom is 0.116 e. The fourth-order valence-corrected chi connectivity index (χ4v) is 1.35. The van der Waals surface area contributed by atoms with Crippen LogP contribution in [-0.2, 0) is 6.54 Å². The third-order valence-electron chi connectivity index (χ3n) is 1.95. The summed E-state index contributed by atoms with van der Waals surface area (Å²) in [4.78, 5) is 8.05.